The van der Waals surface area contributed by atoms with E-state index in [1.165, 1.54) is 24.1 Å². The Hall–Kier alpha value is -3.51. The molecule has 3 aliphatic rings. The van der Waals surface area contributed by atoms with Crippen molar-refractivity contribution in [3.05, 3.63) is 53.3 Å². The Labute approximate surface area is 231 Å². The van der Waals surface area contributed by atoms with Gasteiger partial charge in [-0.05, 0) is 47.9 Å². The first-order valence-electron chi connectivity index (χ1n) is 12.6. The number of fused-ring (bicyclic) bond motifs is 2. The molecule has 3 amide bonds. The highest BCUT2D eigenvalue weighted by molar-refractivity contribution is 7.91. The predicted octanol–water partition coefficient (Wildman–Crippen LogP) is 2.08. The fraction of sp³-hybridized carbons (Fsp3) is 0.423. The molecule has 1 N–H and O–H groups in total. The first-order valence-corrected chi connectivity index (χ1v) is 14.6. The van der Waals surface area contributed by atoms with Gasteiger partial charge in [0, 0.05) is 44.4 Å². The number of hydrogen-bond donors (Lipinski definition) is 1. The summed E-state index contributed by atoms with van der Waals surface area (Å²) in [4.78, 5) is 46.3. The summed E-state index contributed by atoms with van der Waals surface area (Å²) in [6.45, 7) is 1.74. The molecule has 208 valence electrons. The van der Waals surface area contributed by atoms with Crippen LogP contribution in [0.15, 0.2) is 53.2 Å². The lowest BCUT2D eigenvalue weighted by Crippen LogP contribution is -2.55. The van der Waals surface area contributed by atoms with Gasteiger partial charge in [0.25, 0.3) is 5.91 Å². The van der Waals surface area contributed by atoms with E-state index >= 15 is 0 Å². The number of carbonyl (C=O) groups is 3. The van der Waals surface area contributed by atoms with Crippen LogP contribution in [-0.4, -0.2) is 114 Å². The van der Waals surface area contributed by atoms with Gasteiger partial charge in [-0.2, -0.15) is 0 Å². The molecule has 1 atom stereocenters. The van der Waals surface area contributed by atoms with E-state index in [-0.39, 0.29) is 16.8 Å². The number of piperidine rings is 1. The van der Waals surface area contributed by atoms with Gasteiger partial charge >= 0.3 is 6.09 Å². The van der Waals surface area contributed by atoms with Crippen LogP contribution in [0.1, 0.15) is 12.8 Å². The molecule has 0 aliphatic carbocycles. The molecule has 39 heavy (non-hydrogen) atoms. The molecular weight excluding hydrogens is 546 g/mol. The Bertz CT molecular complexity index is 1470. The number of likely N-dealkylation sites (N-methyl/N-ethyl adjacent to an activating group) is 1. The van der Waals surface area contributed by atoms with Crippen LogP contribution in [0.4, 0.5) is 4.79 Å². The SMILES string of the molecule is CN1C=C2C(=O)N(C3CCN(C(=O)[C@@H](CS(=O)(=O)c4ccc5cc(Cl)ccc5c4)N(C)C(=O)O)CC3)CN2C1. The second-order valence-corrected chi connectivity index (χ2v) is 12.7. The Morgan fingerprint density at radius 1 is 1.10 bits per heavy atom. The smallest absolute Gasteiger partial charge is 0.407 e. The third kappa shape index (κ3) is 5.22. The third-order valence-electron chi connectivity index (χ3n) is 7.66. The highest BCUT2D eigenvalue weighted by atomic mass is 35.5. The number of benzene rings is 2. The average Bonchev–Trinajstić information content (AvgIpc) is 3.42. The normalized spacial score (nSPS) is 18.9. The van der Waals surface area contributed by atoms with Crippen molar-refractivity contribution in [3.8, 4) is 0 Å². The number of rotatable bonds is 6. The van der Waals surface area contributed by atoms with Crippen LogP contribution in [0.3, 0.4) is 0 Å². The highest BCUT2D eigenvalue weighted by Gasteiger charge is 2.42. The van der Waals surface area contributed by atoms with Gasteiger partial charge in [0.1, 0.15) is 11.7 Å². The number of nitrogens with zero attached hydrogens (tertiary/aromatic N) is 5. The molecule has 3 heterocycles. The molecule has 0 unspecified atom stereocenters. The van der Waals surface area contributed by atoms with E-state index in [1.807, 2.05) is 27.9 Å². The largest absolute Gasteiger partial charge is 0.465 e. The van der Waals surface area contributed by atoms with Crippen LogP contribution < -0.4 is 0 Å². The molecule has 13 heteroatoms. The Morgan fingerprint density at radius 3 is 2.44 bits per heavy atom. The minimum atomic E-state index is -4.02. The quantitative estimate of drug-likeness (QED) is 0.556. The minimum Gasteiger partial charge on any atom is -0.465 e. The number of sulfone groups is 1. The molecule has 5 rings (SSSR count). The van der Waals surface area contributed by atoms with Gasteiger partial charge in [-0.15, -0.1) is 0 Å². The molecular formula is C26H30ClN5O6S. The van der Waals surface area contributed by atoms with Crippen LogP contribution >= 0.6 is 11.6 Å². The number of halogens is 1. The standard InChI is InChI=1S/C26H30ClN5O6S/c1-28-13-22-25(34)32(16-31(22)15-28)20-7-9-30(10-8-20)24(33)23(29(2)26(35)36)14-39(37,38)21-6-4-17-11-19(27)5-3-18(17)12-21/h3-6,11-13,20,23H,7-10,14-16H2,1-2H3,(H,35,36)/t23-/m1/s1. The van der Waals surface area contributed by atoms with Gasteiger partial charge in [0.2, 0.25) is 5.91 Å². The third-order valence-corrected chi connectivity index (χ3v) is 9.62. The van der Waals surface area contributed by atoms with E-state index in [9.17, 15) is 27.9 Å². The molecule has 2 fully saturated rings. The van der Waals surface area contributed by atoms with Crippen molar-refractivity contribution in [3.63, 3.8) is 0 Å². The maximum absolute atomic E-state index is 13.5. The van der Waals surface area contributed by atoms with Gasteiger partial charge in [-0.25, -0.2) is 13.2 Å². The van der Waals surface area contributed by atoms with Crippen LogP contribution in [0.2, 0.25) is 5.02 Å². The summed E-state index contributed by atoms with van der Waals surface area (Å²) in [7, 11) is -0.907. The molecule has 0 saturated carbocycles. The van der Waals surface area contributed by atoms with Crippen molar-refractivity contribution < 1.29 is 27.9 Å². The summed E-state index contributed by atoms with van der Waals surface area (Å²) in [6.07, 6.45) is 1.49. The number of amides is 3. The van der Waals surface area contributed by atoms with Gasteiger partial charge in [0.15, 0.2) is 9.84 Å². The number of hydrogen-bond acceptors (Lipinski definition) is 7. The van der Waals surface area contributed by atoms with Crippen LogP contribution in [0.5, 0.6) is 0 Å². The van der Waals surface area contributed by atoms with E-state index in [1.54, 1.807) is 24.3 Å². The zero-order valence-corrected chi connectivity index (χ0v) is 23.2. The Balaban J connectivity index is 1.29. The second-order valence-electron chi connectivity index (χ2n) is 10.3. The number of likely N-dealkylation sites (tertiary alicyclic amines) is 1. The first kappa shape index (κ1) is 27.1. The van der Waals surface area contributed by atoms with Crippen molar-refractivity contribution >= 4 is 50.1 Å². The molecule has 2 saturated heterocycles. The lowest BCUT2D eigenvalue weighted by molar-refractivity contribution is -0.137. The monoisotopic (exact) mass is 575 g/mol. The minimum absolute atomic E-state index is 0.000614. The van der Waals surface area contributed by atoms with Crippen molar-refractivity contribution in [2.45, 2.75) is 29.8 Å². The van der Waals surface area contributed by atoms with Gasteiger partial charge in [-0.3, -0.25) is 14.5 Å². The summed E-state index contributed by atoms with van der Waals surface area (Å²) in [5.74, 6) is -1.28. The summed E-state index contributed by atoms with van der Waals surface area (Å²) < 4.78 is 26.7. The Morgan fingerprint density at radius 2 is 1.77 bits per heavy atom. The molecule has 2 aromatic carbocycles. The molecule has 0 spiro atoms. The van der Waals surface area contributed by atoms with E-state index < -0.39 is 33.6 Å². The molecule has 3 aliphatic heterocycles. The van der Waals surface area contributed by atoms with E-state index in [4.69, 9.17) is 11.6 Å². The maximum atomic E-state index is 13.5. The molecule has 0 radical (unpaired) electrons. The highest BCUT2D eigenvalue weighted by Crippen LogP contribution is 2.30. The molecule has 0 aromatic heterocycles. The number of carbonyl (C=O) groups excluding carboxylic acids is 2. The fourth-order valence-electron chi connectivity index (χ4n) is 5.45. The van der Waals surface area contributed by atoms with Crippen molar-refractivity contribution in [2.24, 2.45) is 0 Å². The topological polar surface area (TPSA) is 122 Å². The summed E-state index contributed by atoms with van der Waals surface area (Å²) in [5, 5.41) is 11.6. The molecule has 0 bridgehead atoms. The number of carboxylic acid groups (broad SMARTS) is 1. The summed E-state index contributed by atoms with van der Waals surface area (Å²) in [5.41, 5.74) is 0.668. The predicted molar refractivity (Wildman–Crippen MR) is 144 cm³/mol. The summed E-state index contributed by atoms with van der Waals surface area (Å²) in [6, 6.07) is 8.19. The zero-order chi connectivity index (χ0) is 28.1. The van der Waals surface area contributed by atoms with Crippen molar-refractivity contribution in [1.82, 2.24) is 24.5 Å². The first-order chi connectivity index (χ1) is 18.4. The zero-order valence-electron chi connectivity index (χ0n) is 21.7. The molecule has 11 nitrogen and oxygen atoms in total. The summed E-state index contributed by atoms with van der Waals surface area (Å²) >= 11 is 6.02. The lowest BCUT2D eigenvalue weighted by Gasteiger charge is -2.38. The average molecular weight is 576 g/mol. The van der Waals surface area contributed by atoms with Crippen LogP contribution in [0.25, 0.3) is 10.8 Å². The maximum Gasteiger partial charge on any atom is 0.407 e. The van der Waals surface area contributed by atoms with Crippen molar-refractivity contribution in [2.75, 3.05) is 46.3 Å². The van der Waals surface area contributed by atoms with Crippen LogP contribution in [-0.2, 0) is 19.4 Å². The lowest BCUT2D eigenvalue weighted by atomic mass is 10.0. The van der Waals surface area contributed by atoms with Gasteiger partial charge in [0.05, 0.1) is 24.0 Å². The second kappa shape index (κ2) is 10.2. The van der Waals surface area contributed by atoms with Gasteiger partial charge < -0.3 is 24.7 Å². The Kier molecular flexibility index (Phi) is 7.10. The van der Waals surface area contributed by atoms with E-state index in [2.05, 4.69) is 0 Å². The van der Waals surface area contributed by atoms with Gasteiger partial charge in [-0.1, -0.05) is 23.7 Å². The van der Waals surface area contributed by atoms with E-state index in [0.29, 0.717) is 55.4 Å². The van der Waals surface area contributed by atoms with E-state index in [0.717, 1.165) is 10.3 Å². The molecule has 2 aromatic rings. The van der Waals surface area contributed by atoms with Crippen LogP contribution in [0, 0.1) is 0 Å². The van der Waals surface area contributed by atoms with Crippen molar-refractivity contribution in [1.29, 1.82) is 0 Å². The fourth-order valence-corrected chi connectivity index (χ4v) is 7.18.